The van der Waals surface area contributed by atoms with Gasteiger partial charge in [0.2, 0.25) is 0 Å². The van der Waals surface area contributed by atoms with Crippen molar-refractivity contribution in [3.05, 3.63) is 0 Å². The van der Waals surface area contributed by atoms with Gasteiger partial charge in [-0.3, -0.25) is 8.32 Å². The highest BCUT2D eigenvalue weighted by molar-refractivity contribution is 14.1. The Morgan fingerprint density at radius 3 is 2.50 bits per heavy atom. The average Bonchev–Trinajstić information content (AvgIpc) is 1.65. The third-order valence-corrected chi connectivity index (χ3v) is 1.59. The summed E-state index contributed by atoms with van der Waals surface area (Å²) in [6.07, 6.45) is 1.73. The maximum Gasteiger partial charge on any atom is 0.287 e. The minimum Gasteiger partial charge on any atom is -0.289 e. The number of thioether (sulfide) groups is 1. The standard InChI is InChI=1S/C2H4INOS/c1-6-2(5)4-3/h1H3,(H,4,5). The van der Waals surface area contributed by atoms with Gasteiger partial charge in [0.1, 0.15) is 0 Å². The third kappa shape index (κ3) is 2.77. The first-order valence-electron chi connectivity index (χ1n) is 1.26. The minimum atomic E-state index is -0.00407. The lowest BCUT2D eigenvalue weighted by Crippen LogP contribution is -2.01. The Balaban J connectivity index is 2.99. The smallest absolute Gasteiger partial charge is 0.287 e. The van der Waals surface area contributed by atoms with E-state index in [0.29, 0.717) is 0 Å². The molecule has 0 saturated carbocycles. The fourth-order valence-electron chi connectivity index (χ4n) is 0.0386. The Labute approximate surface area is 54.6 Å². The Bertz CT molecular complexity index is 51.5. The van der Waals surface area contributed by atoms with Crippen molar-refractivity contribution in [2.75, 3.05) is 6.26 Å². The van der Waals surface area contributed by atoms with E-state index in [1.165, 1.54) is 11.8 Å². The number of halogens is 1. The SMILES string of the molecule is CSC(=O)NI. The van der Waals surface area contributed by atoms with Crippen LogP contribution in [0, 0.1) is 0 Å². The van der Waals surface area contributed by atoms with Crippen LogP contribution in [0.25, 0.3) is 0 Å². The second-order valence-corrected chi connectivity index (χ2v) is 1.90. The Hall–Kier alpha value is 0.550. The molecule has 0 saturated heterocycles. The molecule has 36 valence electrons. The Morgan fingerprint density at radius 1 is 2.00 bits per heavy atom. The van der Waals surface area contributed by atoms with Crippen LogP contribution in [0.5, 0.6) is 0 Å². The molecule has 6 heavy (non-hydrogen) atoms. The zero-order chi connectivity index (χ0) is 4.99. The number of hydrogen-bond donors (Lipinski definition) is 1. The van der Waals surface area contributed by atoms with Crippen LogP contribution < -0.4 is 3.53 Å². The van der Waals surface area contributed by atoms with Gasteiger partial charge >= 0.3 is 0 Å². The summed E-state index contributed by atoms with van der Waals surface area (Å²) < 4.78 is 2.41. The summed E-state index contributed by atoms with van der Waals surface area (Å²) in [4.78, 5) is 10.0. The molecule has 0 aromatic rings. The second kappa shape index (κ2) is 3.73. The van der Waals surface area contributed by atoms with E-state index in [1.54, 1.807) is 29.1 Å². The van der Waals surface area contributed by atoms with Gasteiger partial charge in [0.25, 0.3) is 5.24 Å². The molecular weight excluding hydrogens is 213 g/mol. The van der Waals surface area contributed by atoms with E-state index in [2.05, 4.69) is 3.53 Å². The first-order valence-corrected chi connectivity index (χ1v) is 3.56. The first-order chi connectivity index (χ1) is 2.81. The summed E-state index contributed by atoms with van der Waals surface area (Å²) in [6.45, 7) is 0. The number of hydrogen-bond acceptors (Lipinski definition) is 2. The van der Waals surface area contributed by atoms with E-state index in [1.807, 2.05) is 0 Å². The van der Waals surface area contributed by atoms with Crippen LogP contribution in [0.4, 0.5) is 4.79 Å². The quantitative estimate of drug-likeness (QED) is 0.491. The number of amides is 1. The highest BCUT2D eigenvalue weighted by atomic mass is 127. The zero-order valence-electron chi connectivity index (χ0n) is 3.19. The summed E-state index contributed by atoms with van der Waals surface area (Å²) >= 11 is 2.96. The molecule has 0 atom stereocenters. The zero-order valence-corrected chi connectivity index (χ0v) is 6.17. The number of rotatable bonds is 0. The van der Waals surface area contributed by atoms with Gasteiger partial charge in [-0.05, 0) is 6.26 Å². The van der Waals surface area contributed by atoms with Gasteiger partial charge in [0, 0.05) is 0 Å². The van der Waals surface area contributed by atoms with Crippen molar-refractivity contribution in [2.24, 2.45) is 0 Å². The lowest BCUT2D eigenvalue weighted by atomic mass is 11.5. The molecule has 0 rings (SSSR count). The van der Waals surface area contributed by atoms with Gasteiger partial charge in [0.05, 0.1) is 22.9 Å². The van der Waals surface area contributed by atoms with Crippen LogP contribution in [-0.2, 0) is 0 Å². The number of nitrogens with one attached hydrogen (secondary N) is 1. The molecule has 1 amide bonds. The molecule has 0 radical (unpaired) electrons. The van der Waals surface area contributed by atoms with Crippen molar-refractivity contribution in [2.45, 2.75) is 0 Å². The molecule has 0 aliphatic heterocycles. The summed E-state index contributed by atoms with van der Waals surface area (Å²) in [6, 6.07) is 0. The van der Waals surface area contributed by atoms with E-state index in [9.17, 15) is 4.79 Å². The topological polar surface area (TPSA) is 29.1 Å². The molecule has 2 nitrogen and oxygen atoms in total. The lowest BCUT2D eigenvalue weighted by molar-refractivity contribution is 0.266. The van der Waals surface area contributed by atoms with Crippen molar-refractivity contribution in [3.8, 4) is 0 Å². The van der Waals surface area contributed by atoms with Crippen molar-refractivity contribution >= 4 is 39.9 Å². The second-order valence-electron chi connectivity index (χ2n) is 0.586. The van der Waals surface area contributed by atoms with Crippen molar-refractivity contribution < 1.29 is 4.79 Å². The number of carbonyl (C=O) groups is 1. The van der Waals surface area contributed by atoms with E-state index in [4.69, 9.17) is 0 Å². The normalized spacial score (nSPS) is 7.67. The van der Waals surface area contributed by atoms with Gasteiger partial charge in [-0.1, -0.05) is 11.8 Å². The van der Waals surface area contributed by atoms with Gasteiger partial charge in [-0.2, -0.15) is 0 Å². The van der Waals surface area contributed by atoms with Crippen molar-refractivity contribution in [1.82, 2.24) is 3.53 Å². The van der Waals surface area contributed by atoms with Crippen LogP contribution in [-0.4, -0.2) is 11.5 Å². The Morgan fingerprint density at radius 2 is 2.50 bits per heavy atom. The predicted octanol–water partition coefficient (Wildman–Crippen LogP) is 1.41. The largest absolute Gasteiger partial charge is 0.289 e. The highest BCUT2D eigenvalue weighted by Crippen LogP contribution is 1.92. The maximum absolute atomic E-state index is 10.0. The molecule has 0 aromatic heterocycles. The van der Waals surface area contributed by atoms with Crippen LogP contribution in [0.1, 0.15) is 0 Å². The van der Waals surface area contributed by atoms with E-state index in [-0.39, 0.29) is 5.24 Å². The third-order valence-electron chi connectivity index (χ3n) is 0.263. The maximum atomic E-state index is 10.0. The van der Waals surface area contributed by atoms with Crippen LogP contribution in [0.3, 0.4) is 0 Å². The molecule has 0 spiro atoms. The van der Waals surface area contributed by atoms with Crippen molar-refractivity contribution in [3.63, 3.8) is 0 Å². The van der Waals surface area contributed by atoms with Crippen LogP contribution in [0.15, 0.2) is 0 Å². The van der Waals surface area contributed by atoms with Crippen LogP contribution in [0.2, 0.25) is 0 Å². The van der Waals surface area contributed by atoms with Crippen molar-refractivity contribution in [1.29, 1.82) is 0 Å². The fraction of sp³-hybridized carbons (Fsp3) is 0.500. The highest BCUT2D eigenvalue weighted by Gasteiger charge is 1.87. The molecule has 4 heteroatoms. The Kier molecular flexibility index (Phi) is 4.07. The molecule has 1 N–H and O–H groups in total. The van der Waals surface area contributed by atoms with E-state index in [0.717, 1.165) is 0 Å². The average molecular weight is 217 g/mol. The molecule has 0 unspecified atom stereocenters. The van der Waals surface area contributed by atoms with Gasteiger partial charge in [-0.25, -0.2) is 0 Å². The first kappa shape index (κ1) is 6.55. The molecule has 0 aromatic carbocycles. The van der Waals surface area contributed by atoms with E-state index < -0.39 is 0 Å². The molecule has 0 bridgehead atoms. The molecule has 0 aliphatic rings. The predicted molar refractivity (Wildman–Crippen MR) is 36.1 cm³/mol. The molecule has 0 aliphatic carbocycles. The van der Waals surface area contributed by atoms with E-state index >= 15 is 0 Å². The lowest BCUT2D eigenvalue weighted by Gasteiger charge is -1.83. The minimum absolute atomic E-state index is 0.00407. The summed E-state index contributed by atoms with van der Waals surface area (Å²) in [5, 5.41) is -0.00407. The van der Waals surface area contributed by atoms with Gasteiger partial charge in [-0.15, -0.1) is 0 Å². The molecular formula is C2H4INOS. The number of carbonyl (C=O) groups excluding carboxylic acids is 1. The molecule has 0 fully saturated rings. The van der Waals surface area contributed by atoms with Crippen LogP contribution >= 0.6 is 34.6 Å². The molecule has 0 heterocycles. The van der Waals surface area contributed by atoms with Gasteiger partial charge in [0.15, 0.2) is 0 Å². The monoisotopic (exact) mass is 217 g/mol. The summed E-state index contributed by atoms with van der Waals surface area (Å²) in [5.74, 6) is 0. The van der Waals surface area contributed by atoms with Gasteiger partial charge < -0.3 is 0 Å². The summed E-state index contributed by atoms with van der Waals surface area (Å²) in [7, 11) is 0. The summed E-state index contributed by atoms with van der Waals surface area (Å²) in [5.41, 5.74) is 0. The fourth-order valence-corrected chi connectivity index (χ4v) is 0.776.